The molecule has 0 aliphatic carbocycles. The van der Waals surface area contributed by atoms with E-state index in [4.69, 9.17) is 0 Å². The minimum atomic E-state index is -0.137. The lowest BCUT2D eigenvalue weighted by Gasteiger charge is -2.20. The van der Waals surface area contributed by atoms with Gasteiger partial charge < -0.3 is 10.2 Å². The van der Waals surface area contributed by atoms with Crippen LogP contribution < -0.4 is 5.32 Å². The van der Waals surface area contributed by atoms with Gasteiger partial charge in [-0.05, 0) is 37.7 Å². The zero-order valence-corrected chi connectivity index (χ0v) is 12.4. The summed E-state index contributed by atoms with van der Waals surface area (Å²) >= 11 is 1.17. The van der Waals surface area contributed by atoms with Crippen molar-refractivity contribution in [2.45, 2.75) is 32.1 Å². The van der Waals surface area contributed by atoms with E-state index in [0.29, 0.717) is 25.2 Å². The van der Waals surface area contributed by atoms with Crippen LogP contribution in [0.5, 0.6) is 0 Å². The number of carbonyl (C=O) groups excluding carboxylic acids is 2. The van der Waals surface area contributed by atoms with Gasteiger partial charge in [0, 0.05) is 24.4 Å². The van der Waals surface area contributed by atoms with E-state index in [0.717, 1.165) is 4.90 Å². The molecule has 0 bridgehead atoms. The number of amides is 2. The average Bonchev–Trinajstić information content (AvgIpc) is 2.42. The first-order valence-electron chi connectivity index (χ1n) is 6.47. The maximum Gasteiger partial charge on any atom is 0.321 e. The van der Waals surface area contributed by atoms with Crippen LogP contribution in [0.1, 0.15) is 27.2 Å². The summed E-state index contributed by atoms with van der Waals surface area (Å²) in [4.78, 5) is 26.0. The van der Waals surface area contributed by atoms with Gasteiger partial charge in [-0.3, -0.25) is 4.79 Å². The molecule has 5 heteroatoms. The molecule has 4 nitrogen and oxygen atoms in total. The Kier molecular flexibility index (Phi) is 6.42. The van der Waals surface area contributed by atoms with Crippen molar-refractivity contribution in [3.63, 3.8) is 0 Å². The molecule has 1 aromatic rings. The van der Waals surface area contributed by atoms with Crippen molar-refractivity contribution in [1.82, 2.24) is 4.90 Å². The van der Waals surface area contributed by atoms with Crippen LogP contribution in [0.3, 0.4) is 0 Å². The Morgan fingerprint density at radius 1 is 1.16 bits per heavy atom. The Morgan fingerprint density at radius 3 is 2.37 bits per heavy atom. The number of anilines is 1. The molecule has 0 fully saturated rings. The first-order chi connectivity index (χ1) is 9.12. The molecule has 0 radical (unpaired) electrons. The molecule has 0 saturated heterocycles. The van der Waals surface area contributed by atoms with E-state index in [9.17, 15) is 9.59 Å². The second kappa shape index (κ2) is 7.84. The molecule has 0 saturated carbocycles. The van der Waals surface area contributed by atoms with Gasteiger partial charge in [0.2, 0.25) is 0 Å². The third kappa shape index (κ3) is 4.59. The molecule has 0 aliphatic heterocycles. The summed E-state index contributed by atoms with van der Waals surface area (Å²) in [5.41, 5.74) is 0.686. The zero-order valence-electron chi connectivity index (χ0n) is 11.6. The molecule has 0 atom stereocenters. The van der Waals surface area contributed by atoms with E-state index >= 15 is 0 Å². The van der Waals surface area contributed by atoms with Gasteiger partial charge in [0.15, 0.2) is 5.12 Å². The summed E-state index contributed by atoms with van der Waals surface area (Å²) in [7, 11) is 0. The smallest absolute Gasteiger partial charge is 0.321 e. The van der Waals surface area contributed by atoms with Crippen molar-refractivity contribution in [3.05, 3.63) is 24.3 Å². The lowest BCUT2D eigenvalue weighted by atomic mass is 10.3. The standard InChI is InChI=1S/C14H20N2O2S/c1-4-13(17)19-12-10-8-7-9-11(12)15-14(18)16(5-2)6-3/h7-10H,4-6H2,1-3H3,(H,15,18). The van der Waals surface area contributed by atoms with E-state index in [-0.39, 0.29) is 11.1 Å². The molecule has 0 aromatic heterocycles. The van der Waals surface area contributed by atoms with Gasteiger partial charge >= 0.3 is 6.03 Å². The van der Waals surface area contributed by atoms with Crippen molar-refractivity contribution in [2.24, 2.45) is 0 Å². The second-order valence-corrected chi connectivity index (χ2v) is 5.03. The van der Waals surface area contributed by atoms with Gasteiger partial charge in [0.1, 0.15) is 0 Å². The van der Waals surface area contributed by atoms with E-state index in [1.165, 1.54) is 11.8 Å². The molecular weight excluding hydrogens is 260 g/mol. The van der Waals surface area contributed by atoms with Crippen LogP contribution in [0.25, 0.3) is 0 Å². The van der Waals surface area contributed by atoms with Gasteiger partial charge in [-0.2, -0.15) is 0 Å². The molecular formula is C14H20N2O2S. The topological polar surface area (TPSA) is 49.4 Å². The fourth-order valence-electron chi connectivity index (χ4n) is 1.56. The maximum atomic E-state index is 12.0. The van der Waals surface area contributed by atoms with Gasteiger partial charge in [0.05, 0.1) is 5.69 Å². The fraction of sp³-hybridized carbons (Fsp3) is 0.429. The Hall–Kier alpha value is -1.49. The largest absolute Gasteiger partial charge is 0.325 e. The van der Waals surface area contributed by atoms with Gasteiger partial charge in [-0.25, -0.2) is 4.79 Å². The summed E-state index contributed by atoms with van der Waals surface area (Å²) in [6.45, 7) is 7.01. The minimum absolute atomic E-state index is 0.0875. The lowest BCUT2D eigenvalue weighted by Crippen LogP contribution is -2.34. The molecule has 19 heavy (non-hydrogen) atoms. The third-order valence-electron chi connectivity index (χ3n) is 2.69. The number of rotatable bonds is 5. The summed E-state index contributed by atoms with van der Waals surface area (Å²) in [5.74, 6) is 0. The molecule has 0 unspecified atom stereocenters. The molecule has 1 N–H and O–H groups in total. The van der Waals surface area contributed by atoms with Crippen LogP contribution >= 0.6 is 11.8 Å². The van der Waals surface area contributed by atoms with E-state index < -0.39 is 0 Å². The van der Waals surface area contributed by atoms with Crippen molar-refractivity contribution in [3.8, 4) is 0 Å². The minimum Gasteiger partial charge on any atom is -0.325 e. The van der Waals surface area contributed by atoms with Gasteiger partial charge in [-0.15, -0.1) is 0 Å². The van der Waals surface area contributed by atoms with Crippen molar-refractivity contribution in [1.29, 1.82) is 0 Å². The number of benzene rings is 1. The van der Waals surface area contributed by atoms with Gasteiger partial charge in [0.25, 0.3) is 0 Å². The summed E-state index contributed by atoms with van der Waals surface area (Å²) in [5, 5.41) is 2.94. The molecule has 1 aromatic carbocycles. The van der Waals surface area contributed by atoms with Crippen LogP contribution in [0, 0.1) is 0 Å². The summed E-state index contributed by atoms with van der Waals surface area (Å²) < 4.78 is 0. The monoisotopic (exact) mass is 280 g/mol. The number of thioether (sulfide) groups is 1. The van der Waals surface area contributed by atoms with E-state index in [1.807, 2.05) is 45.0 Å². The van der Waals surface area contributed by atoms with Crippen LogP contribution in [0.15, 0.2) is 29.2 Å². The third-order valence-corrected chi connectivity index (χ3v) is 3.78. The Morgan fingerprint density at radius 2 is 1.79 bits per heavy atom. The molecule has 0 spiro atoms. The normalized spacial score (nSPS) is 10.1. The van der Waals surface area contributed by atoms with E-state index in [2.05, 4.69) is 5.32 Å². The summed E-state index contributed by atoms with van der Waals surface area (Å²) in [6.07, 6.45) is 0.475. The maximum absolute atomic E-state index is 12.0. The molecule has 0 heterocycles. The lowest BCUT2D eigenvalue weighted by molar-refractivity contribution is -0.110. The number of hydrogen-bond donors (Lipinski definition) is 1. The quantitative estimate of drug-likeness (QED) is 0.839. The van der Waals surface area contributed by atoms with Crippen LogP contribution in [0.4, 0.5) is 10.5 Å². The second-order valence-electron chi connectivity index (χ2n) is 3.93. The number of nitrogens with one attached hydrogen (secondary N) is 1. The van der Waals surface area contributed by atoms with Crippen LogP contribution in [0.2, 0.25) is 0 Å². The highest BCUT2D eigenvalue weighted by Crippen LogP contribution is 2.28. The van der Waals surface area contributed by atoms with Crippen LogP contribution in [-0.4, -0.2) is 29.1 Å². The predicted molar refractivity (Wildman–Crippen MR) is 79.5 cm³/mol. The average molecular weight is 280 g/mol. The highest BCUT2D eigenvalue weighted by Gasteiger charge is 2.13. The van der Waals surface area contributed by atoms with E-state index in [1.54, 1.807) is 4.90 Å². The fourth-order valence-corrected chi connectivity index (χ4v) is 2.32. The highest BCUT2D eigenvalue weighted by atomic mass is 32.2. The number of urea groups is 1. The first kappa shape index (κ1) is 15.6. The predicted octanol–water partition coefficient (Wildman–Crippen LogP) is 3.59. The molecule has 2 amide bonds. The van der Waals surface area contributed by atoms with Crippen molar-refractivity contribution >= 4 is 28.6 Å². The highest BCUT2D eigenvalue weighted by molar-refractivity contribution is 8.13. The van der Waals surface area contributed by atoms with Crippen molar-refractivity contribution < 1.29 is 9.59 Å². The molecule has 0 aliphatic rings. The van der Waals surface area contributed by atoms with Crippen LogP contribution in [-0.2, 0) is 4.79 Å². The first-order valence-corrected chi connectivity index (χ1v) is 7.29. The number of nitrogens with zero attached hydrogens (tertiary/aromatic N) is 1. The Labute approximate surface area is 118 Å². The van der Waals surface area contributed by atoms with Crippen molar-refractivity contribution in [2.75, 3.05) is 18.4 Å². The number of para-hydroxylation sites is 1. The molecule has 104 valence electrons. The molecule has 1 rings (SSSR count). The van der Waals surface area contributed by atoms with Gasteiger partial charge in [-0.1, -0.05) is 19.1 Å². The number of carbonyl (C=O) groups is 2. The Balaban J connectivity index is 2.83. The zero-order chi connectivity index (χ0) is 14.3. The number of hydrogen-bond acceptors (Lipinski definition) is 3. The summed E-state index contributed by atoms with van der Waals surface area (Å²) in [6, 6.07) is 7.22. The SMILES string of the molecule is CCC(=O)Sc1ccccc1NC(=O)N(CC)CC. The Bertz CT molecular complexity index is 445.